The van der Waals surface area contributed by atoms with Crippen LogP contribution in [-0.4, -0.2) is 47.4 Å². The molecular weight excluding hydrogens is 947 g/mol. The van der Waals surface area contributed by atoms with E-state index in [-0.39, 0.29) is 18.5 Å². The summed E-state index contributed by atoms with van der Waals surface area (Å²) in [4.78, 5) is 24.5. The van der Waals surface area contributed by atoms with Gasteiger partial charge in [-0.15, -0.1) is 0 Å². The number of ether oxygens (including phenoxy) is 1. The van der Waals surface area contributed by atoms with Crippen LogP contribution in [0.2, 0.25) is 0 Å². The van der Waals surface area contributed by atoms with Crippen LogP contribution in [0, 0.1) is 0 Å². The highest BCUT2D eigenvalue weighted by Crippen LogP contribution is 2.19. The molecule has 1 amide bonds. The molecule has 0 heterocycles. The fourth-order valence-corrected chi connectivity index (χ4v) is 10.8. The fraction of sp³-hybridized carbons (Fsp3) is 0.887. The minimum Gasteiger partial charge on any atom is -0.466 e. The SMILES string of the molecule is CCCCC/C=C\C/C=C\CCCCCCCCCCCC(=O)OCCCCCCCCCCCCCCCCCCCCCCCCCCCCCCCCCC(=O)NC(CO)C(O)/C=C/CCCCCCCCCC. The molecule has 2 unspecified atom stereocenters. The second-order valence-corrected chi connectivity index (χ2v) is 23.9. The molecule has 3 N–H and O–H groups in total. The number of carbonyl (C=O) groups excluding carboxylic acids is 2. The Kier molecular flexibility index (Phi) is 64.9. The number of hydrogen-bond donors (Lipinski definition) is 3. The number of allylic oxidation sites excluding steroid dienone is 5. The molecule has 0 fully saturated rings. The van der Waals surface area contributed by atoms with Crippen molar-refractivity contribution in [3.63, 3.8) is 0 Å². The molecule has 0 aliphatic carbocycles. The van der Waals surface area contributed by atoms with Crippen LogP contribution in [0.3, 0.4) is 0 Å². The van der Waals surface area contributed by atoms with Gasteiger partial charge in [-0.3, -0.25) is 9.59 Å². The molecule has 2 atom stereocenters. The number of nitrogens with one attached hydrogen (secondary N) is 1. The lowest BCUT2D eigenvalue weighted by molar-refractivity contribution is -0.143. The molecule has 0 saturated carbocycles. The summed E-state index contributed by atoms with van der Waals surface area (Å²) in [5.74, 6) is -0.0477. The van der Waals surface area contributed by atoms with E-state index in [1.165, 1.54) is 302 Å². The summed E-state index contributed by atoms with van der Waals surface area (Å²) < 4.78 is 5.51. The van der Waals surface area contributed by atoms with Crippen molar-refractivity contribution in [2.24, 2.45) is 0 Å². The lowest BCUT2D eigenvalue weighted by atomic mass is 10.0. The van der Waals surface area contributed by atoms with Crippen LogP contribution in [0.15, 0.2) is 36.5 Å². The first-order chi connectivity index (χ1) is 38.0. The smallest absolute Gasteiger partial charge is 0.305 e. The largest absolute Gasteiger partial charge is 0.466 e. The molecule has 6 heteroatoms. The molecule has 0 aromatic heterocycles. The van der Waals surface area contributed by atoms with Gasteiger partial charge >= 0.3 is 5.97 Å². The minimum atomic E-state index is -0.839. The van der Waals surface area contributed by atoms with E-state index in [4.69, 9.17) is 4.74 Å². The van der Waals surface area contributed by atoms with Gasteiger partial charge in [-0.25, -0.2) is 0 Å². The summed E-state index contributed by atoms with van der Waals surface area (Å²) in [6, 6.07) is -0.623. The molecule has 0 aromatic carbocycles. The number of amides is 1. The van der Waals surface area contributed by atoms with E-state index < -0.39 is 12.1 Å². The van der Waals surface area contributed by atoms with Crippen molar-refractivity contribution in [2.75, 3.05) is 13.2 Å². The maximum absolute atomic E-state index is 12.4. The number of unbranched alkanes of at least 4 members (excludes halogenated alkanes) is 50. The minimum absolute atomic E-state index is 0.0168. The summed E-state index contributed by atoms with van der Waals surface area (Å²) in [6.07, 6.45) is 85.2. The molecule has 0 radical (unpaired) electrons. The third-order valence-corrected chi connectivity index (χ3v) is 16.2. The van der Waals surface area contributed by atoms with Crippen LogP contribution >= 0.6 is 0 Å². The Morgan fingerprint density at radius 1 is 0.364 bits per heavy atom. The van der Waals surface area contributed by atoms with E-state index in [9.17, 15) is 19.8 Å². The molecule has 0 aliphatic heterocycles. The van der Waals surface area contributed by atoms with Gasteiger partial charge in [-0.05, 0) is 64.2 Å². The molecule has 454 valence electrons. The van der Waals surface area contributed by atoms with Crippen molar-refractivity contribution in [2.45, 2.75) is 392 Å². The highest BCUT2D eigenvalue weighted by molar-refractivity contribution is 5.76. The second-order valence-electron chi connectivity index (χ2n) is 23.9. The van der Waals surface area contributed by atoms with Crippen molar-refractivity contribution in [1.29, 1.82) is 0 Å². The Labute approximate surface area is 481 Å². The number of esters is 1. The Morgan fingerprint density at radius 2 is 0.649 bits per heavy atom. The highest BCUT2D eigenvalue weighted by Gasteiger charge is 2.18. The molecule has 0 bridgehead atoms. The van der Waals surface area contributed by atoms with Crippen LogP contribution in [0.1, 0.15) is 380 Å². The maximum atomic E-state index is 12.4. The molecule has 6 nitrogen and oxygen atoms in total. The molecule has 77 heavy (non-hydrogen) atoms. The number of aliphatic hydroxyl groups is 2. The quantitative estimate of drug-likeness (QED) is 0.0320. The predicted octanol–water partition coefficient (Wildman–Crippen LogP) is 22.3. The van der Waals surface area contributed by atoms with Crippen LogP contribution in [0.5, 0.6) is 0 Å². The number of aliphatic hydroxyl groups excluding tert-OH is 2. The standard InChI is InChI=1S/C71H135NO5/c1-3-5-7-9-11-13-15-16-17-18-32-36-39-42-45-49-53-57-61-65-71(76)77-66-62-58-54-50-46-43-40-37-34-31-29-27-25-23-21-19-20-22-24-26-28-30-33-35-38-41-44-48-52-56-60-64-70(75)72-68(67-73)69(74)63-59-55-51-47-14-12-10-8-6-4-2/h11,13,16-17,59,63,68-69,73-74H,3-10,12,14-15,18-58,60-62,64-67H2,1-2H3,(H,72,75)/b13-11-,17-16-,63-59+. The van der Waals surface area contributed by atoms with Gasteiger partial charge in [0.05, 0.1) is 25.4 Å². The van der Waals surface area contributed by atoms with Gasteiger partial charge in [0, 0.05) is 12.8 Å². The molecule has 0 rings (SSSR count). The fourth-order valence-electron chi connectivity index (χ4n) is 10.8. The van der Waals surface area contributed by atoms with E-state index >= 15 is 0 Å². The van der Waals surface area contributed by atoms with E-state index in [1.54, 1.807) is 6.08 Å². The zero-order chi connectivity index (χ0) is 55.7. The molecule has 0 saturated heterocycles. The van der Waals surface area contributed by atoms with E-state index in [2.05, 4.69) is 43.5 Å². The Hall–Kier alpha value is -1.92. The summed E-state index contributed by atoms with van der Waals surface area (Å²) in [6.45, 7) is 4.88. The third kappa shape index (κ3) is 63.1. The predicted molar refractivity (Wildman–Crippen MR) is 338 cm³/mol. The zero-order valence-corrected chi connectivity index (χ0v) is 52.0. The molecule has 0 aliphatic rings. The summed E-state index contributed by atoms with van der Waals surface area (Å²) in [7, 11) is 0. The molecule has 0 spiro atoms. The number of rotatable bonds is 65. The number of carbonyl (C=O) groups is 2. The van der Waals surface area contributed by atoms with Crippen molar-refractivity contribution in [3.8, 4) is 0 Å². The first kappa shape index (κ1) is 75.1. The summed E-state index contributed by atoms with van der Waals surface area (Å²) in [5.41, 5.74) is 0. The Balaban J connectivity index is 3.30. The van der Waals surface area contributed by atoms with Gasteiger partial charge < -0.3 is 20.3 Å². The summed E-state index contributed by atoms with van der Waals surface area (Å²) >= 11 is 0. The van der Waals surface area contributed by atoms with Crippen LogP contribution in [0.25, 0.3) is 0 Å². The van der Waals surface area contributed by atoms with Crippen LogP contribution in [0.4, 0.5) is 0 Å². The maximum Gasteiger partial charge on any atom is 0.305 e. The first-order valence-electron chi connectivity index (χ1n) is 34.8. The average Bonchev–Trinajstić information content (AvgIpc) is 3.43. The van der Waals surface area contributed by atoms with Gasteiger partial charge in [-0.1, -0.05) is 339 Å². The second kappa shape index (κ2) is 66.6. The molecule has 0 aromatic rings. The monoisotopic (exact) mass is 1080 g/mol. The van der Waals surface area contributed by atoms with Gasteiger partial charge in [0.1, 0.15) is 0 Å². The summed E-state index contributed by atoms with van der Waals surface area (Å²) in [5, 5.41) is 23.0. The Morgan fingerprint density at radius 3 is 1.01 bits per heavy atom. The van der Waals surface area contributed by atoms with E-state index in [0.717, 1.165) is 51.4 Å². The average molecular weight is 1080 g/mol. The van der Waals surface area contributed by atoms with Gasteiger partial charge in [0.25, 0.3) is 0 Å². The Bertz CT molecular complexity index is 1250. The lowest BCUT2D eigenvalue weighted by Gasteiger charge is -2.20. The van der Waals surface area contributed by atoms with Gasteiger partial charge in [0.2, 0.25) is 5.91 Å². The van der Waals surface area contributed by atoms with Crippen LogP contribution in [-0.2, 0) is 14.3 Å². The van der Waals surface area contributed by atoms with Gasteiger partial charge in [-0.2, -0.15) is 0 Å². The lowest BCUT2D eigenvalue weighted by Crippen LogP contribution is -2.45. The normalized spacial score (nSPS) is 12.7. The highest BCUT2D eigenvalue weighted by atomic mass is 16.5. The third-order valence-electron chi connectivity index (χ3n) is 16.2. The van der Waals surface area contributed by atoms with E-state index in [0.29, 0.717) is 19.4 Å². The van der Waals surface area contributed by atoms with Crippen molar-refractivity contribution < 1.29 is 24.5 Å². The first-order valence-corrected chi connectivity index (χ1v) is 34.8. The topological polar surface area (TPSA) is 95.9 Å². The zero-order valence-electron chi connectivity index (χ0n) is 52.0. The number of hydrogen-bond acceptors (Lipinski definition) is 5. The van der Waals surface area contributed by atoms with E-state index in [1.807, 2.05) is 6.08 Å². The van der Waals surface area contributed by atoms with Crippen molar-refractivity contribution in [3.05, 3.63) is 36.5 Å². The van der Waals surface area contributed by atoms with Crippen LogP contribution < -0.4 is 5.32 Å². The van der Waals surface area contributed by atoms with Crippen molar-refractivity contribution >= 4 is 11.9 Å². The van der Waals surface area contributed by atoms with Gasteiger partial charge in [0.15, 0.2) is 0 Å². The van der Waals surface area contributed by atoms with Crippen molar-refractivity contribution in [1.82, 2.24) is 5.32 Å². The molecular formula is C71H135NO5.